The molecule has 0 bridgehead atoms. The van der Waals surface area contributed by atoms with Crippen molar-refractivity contribution in [1.29, 1.82) is 0 Å². The summed E-state index contributed by atoms with van der Waals surface area (Å²) in [4.78, 5) is 11.8. The third-order valence-corrected chi connectivity index (χ3v) is 3.30. The number of rotatable bonds is 6. The van der Waals surface area contributed by atoms with E-state index in [1.165, 1.54) is 6.07 Å². The highest BCUT2D eigenvalue weighted by Crippen LogP contribution is 2.10. The molecule has 0 aliphatic carbocycles. The van der Waals surface area contributed by atoms with E-state index in [4.69, 9.17) is 0 Å². The fourth-order valence-corrected chi connectivity index (χ4v) is 2.00. The molecule has 2 aromatic rings. The van der Waals surface area contributed by atoms with Crippen LogP contribution in [0.2, 0.25) is 0 Å². The van der Waals surface area contributed by atoms with E-state index in [0.717, 1.165) is 5.56 Å². The first-order valence-electron chi connectivity index (χ1n) is 6.95. The Hall–Kier alpha value is -2.20. The zero-order valence-corrected chi connectivity index (χ0v) is 12.0. The summed E-state index contributed by atoms with van der Waals surface area (Å²) in [6.07, 6.45) is 0. The summed E-state index contributed by atoms with van der Waals surface area (Å²) in [6, 6.07) is 16.4. The molecule has 0 heterocycles. The number of nitrogens with one attached hydrogen (secondary N) is 2. The highest BCUT2D eigenvalue weighted by atomic mass is 19.1. The van der Waals surface area contributed by atoms with Crippen LogP contribution >= 0.6 is 0 Å². The van der Waals surface area contributed by atoms with E-state index in [1.54, 1.807) is 18.2 Å². The topological polar surface area (TPSA) is 41.1 Å². The zero-order valence-electron chi connectivity index (χ0n) is 12.0. The molecule has 0 saturated heterocycles. The SMILES string of the molecule is CC(NCC(=O)NCc1ccccc1F)c1ccccc1. The van der Waals surface area contributed by atoms with Crippen molar-refractivity contribution in [2.75, 3.05) is 6.54 Å². The molecule has 0 aliphatic heterocycles. The van der Waals surface area contributed by atoms with Crippen LogP contribution in [0, 0.1) is 5.82 Å². The Balaban J connectivity index is 1.76. The molecular formula is C17H19FN2O. The zero-order chi connectivity index (χ0) is 15.1. The third kappa shape index (κ3) is 4.68. The number of benzene rings is 2. The first-order valence-corrected chi connectivity index (χ1v) is 6.95. The van der Waals surface area contributed by atoms with Gasteiger partial charge < -0.3 is 10.6 Å². The van der Waals surface area contributed by atoms with E-state index in [1.807, 2.05) is 37.3 Å². The first kappa shape index (κ1) is 15.2. The van der Waals surface area contributed by atoms with Crippen molar-refractivity contribution in [2.24, 2.45) is 0 Å². The molecule has 1 unspecified atom stereocenters. The van der Waals surface area contributed by atoms with Gasteiger partial charge in [0.2, 0.25) is 5.91 Å². The van der Waals surface area contributed by atoms with E-state index < -0.39 is 0 Å². The van der Waals surface area contributed by atoms with Gasteiger partial charge in [-0.1, -0.05) is 48.5 Å². The fraction of sp³-hybridized carbons (Fsp3) is 0.235. The second-order valence-electron chi connectivity index (χ2n) is 4.88. The van der Waals surface area contributed by atoms with Crippen molar-refractivity contribution in [3.63, 3.8) is 0 Å². The van der Waals surface area contributed by atoms with Crippen molar-refractivity contribution in [3.8, 4) is 0 Å². The van der Waals surface area contributed by atoms with E-state index in [9.17, 15) is 9.18 Å². The van der Waals surface area contributed by atoms with Crippen molar-refractivity contribution < 1.29 is 9.18 Å². The molecule has 110 valence electrons. The molecule has 2 aromatic carbocycles. The maximum Gasteiger partial charge on any atom is 0.234 e. The van der Waals surface area contributed by atoms with Crippen molar-refractivity contribution in [2.45, 2.75) is 19.5 Å². The Morgan fingerprint density at radius 1 is 1.10 bits per heavy atom. The minimum atomic E-state index is -0.302. The van der Waals surface area contributed by atoms with Crippen molar-refractivity contribution in [3.05, 3.63) is 71.5 Å². The second kappa shape index (κ2) is 7.55. The van der Waals surface area contributed by atoms with Crippen LogP contribution in [0.1, 0.15) is 24.1 Å². The number of carbonyl (C=O) groups excluding carboxylic acids is 1. The van der Waals surface area contributed by atoms with Gasteiger partial charge in [0, 0.05) is 18.2 Å². The van der Waals surface area contributed by atoms with Crippen molar-refractivity contribution in [1.82, 2.24) is 10.6 Å². The minimum absolute atomic E-state index is 0.0883. The number of hydrogen-bond acceptors (Lipinski definition) is 2. The Morgan fingerprint density at radius 2 is 1.76 bits per heavy atom. The third-order valence-electron chi connectivity index (χ3n) is 3.30. The summed E-state index contributed by atoms with van der Waals surface area (Å²) in [5.41, 5.74) is 1.61. The molecule has 2 rings (SSSR count). The molecule has 4 heteroatoms. The average Bonchev–Trinajstić information content (AvgIpc) is 2.52. The molecule has 0 fully saturated rings. The normalized spacial score (nSPS) is 11.9. The van der Waals surface area contributed by atoms with Gasteiger partial charge in [-0.05, 0) is 18.6 Å². The Morgan fingerprint density at radius 3 is 2.48 bits per heavy atom. The van der Waals surface area contributed by atoms with Crippen LogP contribution in [-0.2, 0) is 11.3 Å². The average molecular weight is 286 g/mol. The van der Waals surface area contributed by atoms with E-state index in [2.05, 4.69) is 10.6 Å². The number of carbonyl (C=O) groups is 1. The summed E-state index contributed by atoms with van der Waals surface area (Å²) in [5, 5.41) is 5.85. The number of hydrogen-bond donors (Lipinski definition) is 2. The molecule has 3 nitrogen and oxygen atoms in total. The van der Waals surface area contributed by atoms with Gasteiger partial charge in [-0.3, -0.25) is 4.79 Å². The van der Waals surface area contributed by atoms with Gasteiger partial charge in [-0.25, -0.2) is 4.39 Å². The van der Waals surface area contributed by atoms with E-state index >= 15 is 0 Å². The molecule has 1 atom stereocenters. The monoisotopic (exact) mass is 286 g/mol. The van der Waals surface area contributed by atoms with Crippen LogP contribution < -0.4 is 10.6 Å². The van der Waals surface area contributed by atoms with Crippen LogP contribution in [0.5, 0.6) is 0 Å². The van der Waals surface area contributed by atoms with Gasteiger partial charge in [0.15, 0.2) is 0 Å². The van der Waals surface area contributed by atoms with E-state index in [0.29, 0.717) is 5.56 Å². The lowest BCUT2D eigenvalue weighted by atomic mass is 10.1. The summed E-state index contributed by atoms with van der Waals surface area (Å²) >= 11 is 0. The summed E-state index contributed by atoms with van der Waals surface area (Å²) in [7, 11) is 0. The highest BCUT2D eigenvalue weighted by Gasteiger charge is 2.08. The maximum atomic E-state index is 13.4. The van der Waals surface area contributed by atoms with Gasteiger partial charge >= 0.3 is 0 Å². The number of halogens is 1. The van der Waals surface area contributed by atoms with E-state index in [-0.39, 0.29) is 30.9 Å². The highest BCUT2D eigenvalue weighted by molar-refractivity contribution is 5.78. The molecule has 0 saturated carbocycles. The largest absolute Gasteiger partial charge is 0.351 e. The van der Waals surface area contributed by atoms with Crippen LogP contribution in [0.15, 0.2) is 54.6 Å². The summed E-state index contributed by atoms with van der Waals surface area (Å²) < 4.78 is 13.4. The minimum Gasteiger partial charge on any atom is -0.351 e. The molecular weight excluding hydrogens is 267 g/mol. The molecule has 0 spiro atoms. The predicted molar refractivity (Wildman–Crippen MR) is 81.1 cm³/mol. The van der Waals surface area contributed by atoms with Crippen molar-refractivity contribution >= 4 is 5.91 Å². The predicted octanol–water partition coefficient (Wildman–Crippen LogP) is 2.79. The summed E-state index contributed by atoms with van der Waals surface area (Å²) in [5.74, 6) is -0.454. The lowest BCUT2D eigenvalue weighted by Crippen LogP contribution is -2.34. The van der Waals surface area contributed by atoms with Gasteiger partial charge in [0.05, 0.1) is 6.54 Å². The summed E-state index contributed by atoms with van der Waals surface area (Å²) in [6.45, 7) is 2.40. The molecule has 0 radical (unpaired) electrons. The number of amides is 1. The van der Waals surface area contributed by atoms with Crippen LogP contribution in [0.3, 0.4) is 0 Å². The molecule has 0 aliphatic rings. The Bertz CT molecular complexity index is 586. The molecule has 2 N–H and O–H groups in total. The molecule has 0 aromatic heterocycles. The molecule has 21 heavy (non-hydrogen) atoms. The molecule has 1 amide bonds. The fourth-order valence-electron chi connectivity index (χ4n) is 2.00. The lowest BCUT2D eigenvalue weighted by molar-refractivity contribution is -0.120. The Kier molecular flexibility index (Phi) is 5.46. The van der Waals surface area contributed by atoms with Gasteiger partial charge in [-0.2, -0.15) is 0 Å². The standard InChI is InChI=1S/C17H19FN2O/c1-13(14-7-3-2-4-8-14)19-12-17(21)20-11-15-9-5-6-10-16(15)18/h2-10,13,19H,11-12H2,1H3,(H,20,21). The Labute approximate surface area is 124 Å². The van der Waals surface area contributed by atoms with Crippen LogP contribution in [0.25, 0.3) is 0 Å². The lowest BCUT2D eigenvalue weighted by Gasteiger charge is -2.14. The van der Waals surface area contributed by atoms with Gasteiger partial charge in [0.25, 0.3) is 0 Å². The quantitative estimate of drug-likeness (QED) is 0.857. The maximum absolute atomic E-state index is 13.4. The first-order chi connectivity index (χ1) is 10.2. The van der Waals surface area contributed by atoms with Crippen LogP contribution in [0.4, 0.5) is 4.39 Å². The van der Waals surface area contributed by atoms with Crippen LogP contribution in [-0.4, -0.2) is 12.5 Å². The van der Waals surface area contributed by atoms with Gasteiger partial charge in [0.1, 0.15) is 5.82 Å². The second-order valence-corrected chi connectivity index (χ2v) is 4.88. The van der Waals surface area contributed by atoms with Gasteiger partial charge in [-0.15, -0.1) is 0 Å². The smallest absolute Gasteiger partial charge is 0.234 e.